The molecule has 0 unspecified atom stereocenters. The van der Waals surface area contributed by atoms with Crippen LogP contribution in [0.25, 0.3) is 5.69 Å². The molecule has 0 aliphatic carbocycles. The van der Waals surface area contributed by atoms with Crippen molar-refractivity contribution < 1.29 is 9.18 Å². The van der Waals surface area contributed by atoms with E-state index in [4.69, 9.17) is 12.2 Å². The van der Waals surface area contributed by atoms with Crippen LogP contribution in [0.5, 0.6) is 0 Å². The van der Waals surface area contributed by atoms with Gasteiger partial charge in [0, 0.05) is 0 Å². The number of rotatable bonds is 6. The van der Waals surface area contributed by atoms with Crippen molar-refractivity contribution in [2.75, 3.05) is 0 Å². The molecule has 26 heavy (non-hydrogen) atoms. The summed E-state index contributed by atoms with van der Waals surface area (Å²) in [7, 11) is 0. The Labute approximate surface area is 165 Å². The lowest BCUT2D eigenvalue weighted by Gasteiger charge is -2.28. The predicted molar refractivity (Wildman–Crippen MR) is 105 cm³/mol. The predicted octanol–water partition coefficient (Wildman–Crippen LogP) is 4.34. The third-order valence-corrected chi connectivity index (χ3v) is 6.43. The van der Waals surface area contributed by atoms with Gasteiger partial charge in [0.15, 0.2) is 8.29 Å². The molecule has 1 amide bonds. The summed E-state index contributed by atoms with van der Waals surface area (Å²) in [5.41, 5.74) is -0.264. The lowest BCUT2D eigenvalue weighted by Crippen LogP contribution is -2.51. The van der Waals surface area contributed by atoms with Crippen molar-refractivity contribution in [1.82, 2.24) is 15.1 Å². The maximum absolute atomic E-state index is 13.1. The van der Waals surface area contributed by atoms with Gasteiger partial charge in [0.2, 0.25) is 5.91 Å². The number of hydrogen-bond acceptors (Lipinski definition) is 6. The molecule has 0 radical (unpaired) electrons. The Morgan fingerprint density at radius 3 is 2.58 bits per heavy atom. The van der Waals surface area contributed by atoms with Crippen LogP contribution >= 0.6 is 35.3 Å². The summed E-state index contributed by atoms with van der Waals surface area (Å²) in [5, 5.41) is 16.1. The molecule has 138 valence electrons. The lowest BCUT2D eigenvalue weighted by atomic mass is 9.90. The summed E-state index contributed by atoms with van der Waals surface area (Å²) < 4.78 is 15.7. The Balaban J connectivity index is 2.13. The van der Waals surface area contributed by atoms with Crippen LogP contribution in [0.15, 0.2) is 28.6 Å². The van der Waals surface area contributed by atoms with Crippen LogP contribution in [0.1, 0.15) is 27.7 Å². The normalized spacial score (nSPS) is 14.5. The second-order valence-electron chi connectivity index (χ2n) is 6.24. The number of nitrogens with one attached hydrogen (secondary N) is 1. The summed E-state index contributed by atoms with van der Waals surface area (Å²) in [6.45, 7) is 7.24. The molecule has 1 heterocycles. The van der Waals surface area contributed by atoms with Crippen LogP contribution in [0.2, 0.25) is 0 Å². The highest BCUT2D eigenvalue weighted by atomic mass is 32.2. The number of benzene rings is 1. The molecule has 2 atom stereocenters. The Bertz CT molecular complexity index is 885. The third kappa shape index (κ3) is 4.69. The molecule has 0 bridgehead atoms. The van der Waals surface area contributed by atoms with E-state index < -0.39 is 10.8 Å². The van der Waals surface area contributed by atoms with Gasteiger partial charge in [-0.05, 0) is 56.2 Å². The molecule has 0 saturated carbocycles. The quantitative estimate of drug-likeness (QED) is 0.567. The molecule has 0 aliphatic heterocycles. The summed E-state index contributed by atoms with van der Waals surface area (Å²) in [6.07, 6.45) is 0. The van der Waals surface area contributed by atoms with Gasteiger partial charge in [-0.1, -0.05) is 36.9 Å². The molecule has 0 aliphatic rings. The maximum atomic E-state index is 13.1. The first-order valence-electron chi connectivity index (χ1n) is 7.92. The van der Waals surface area contributed by atoms with Gasteiger partial charge < -0.3 is 5.32 Å². The SMILES string of the molecule is CC(C)[C@](C)(C#N)NC(=O)[C@@H](C)Sc1nn(-c2ccc(F)cc2)c(=S)s1. The van der Waals surface area contributed by atoms with Crippen molar-refractivity contribution in [3.8, 4) is 11.8 Å². The van der Waals surface area contributed by atoms with Crippen LogP contribution in [-0.4, -0.2) is 26.5 Å². The van der Waals surface area contributed by atoms with Crippen molar-refractivity contribution in [3.63, 3.8) is 0 Å². The third-order valence-electron chi connectivity index (χ3n) is 4.02. The van der Waals surface area contributed by atoms with Gasteiger partial charge in [-0.2, -0.15) is 5.26 Å². The molecule has 1 aromatic carbocycles. The second-order valence-corrected chi connectivity index (χ2v) is 9.45. The number of halogens is 1. The molecule has 1 N–H and O–H groups in total. The zero-order chi connectivity index (χ0) is 19.5. The number of amides is 1. The number of hydrogen-bond donors (Lipinski definition) is 1. The van der Waals surface area contributed by atoms with E-state index in [2.05, 4.69) is 16.5 Å². The standard InChI is InChI=1S/C17H19FN4OS3/c1-10(2)17(4,9-19)20-14(23)11(3)25-15-21-22(16(24)26-15)13-7-5-12(18)6-8-13/h5-8,10-11H,1-4H3,(H,20,23)/t11-,17+/m1/s1. The van der Waals surface area contributed by atoms with Gasteiger partial charge in [0.05, 0.1) is 17.0 Å². The molecule has 1 aromatic heterocycles. The summed E-state index contributed by atoms with van der Waals surface area (Å²) in [4.78, 5) is 12.4. The van der Waals surface area contributed by atoms with Crippen molar-refractivity contribution in [3.05, 3.63) is 34.0 Å². The highest BCUT2D eigenvalue weighted by Crippen LogP contribution is 2.28. The topological polar surface area (TPSA) is 70.7 Å². The minimum absolute atomic E-state index is 0.0200. The molecule has 2 rings (SSSR count). The number of nitrogens with zero attached hydrogens (tertiary/aromatic N) is 3. The van der Waals surface area contributed by atoms with Crippen LogP contribution in [0.4, 0.5) is 4.39 Å². The highest BCUT2D eigenvalue weighted by molar-refractivity contribution is 8.02. The number of thioether (sulfide) groups is 1. The van der Waals surface area contributed by atoms with Gasteiger partial charge in [-0.3, -0.25) is 4.79 Å². The van der Waals surface area contributed by atoms with E-state index in [0.717, 1.165) is 0 Å². The molecule has 0 saturated heterocycles. The number of nitriles is 1. The molecular formula is C17H19FN4OS3. The number of carbonyl (C=O) groups is 1. The van der Waals surface area contributed by atoms with Crippen LogP contribution in [-0.2, 0) is 4.79 Å². The van der Waals surface area contributed by atoms with Crippen LogP contribution in [0.3, 0.4) is 0 Å². The maximum Gasteiger partial charge on any atom is 0.234 e. The minimum atomic E-state index is -0.925. The Morgan fingerprint density at radius 2 is 2.04 bits per heavy atom. The molecule has 9 heteroatoms. The van der Waals surface area contributed by atoms with E-state index in [1.54, 1.807) is 30.7 Å². The van der Waals surface area contributed by atoms with Crippen molar-refractivity contribution in [2.45, 2.75) is 42.8 Å². The van der Waals surface area contributed by atoms with Gasteiger partial charge in [0.1, 0.15) is 11.4 Å². The van der Waals surface area contributed by atoms with Gasteiger partial charge in [0.25, 0.3) is 0 Å². The second kappa shape index (κ2) is 8.29. The summed E-state index contributed by atoms with van der Waals surface area (Å²) >= 11 is 7.87. The first kappa shape index (κ1) is 20.6. The monoisotopic (exact) mass is 410 g/mol. The number of carbonyl (C=O) groups excluding carboxylic acids is 1. The van der Waals surface area contributed by atoms with E-state index in [0.29, 0.717) is 14.0 Å². The molecule has 2 aromatic rings. The van der Waals surface area contributed by atoms with Gasteiger partial charge in [-0.15, -0.1) is 5.10 Å². The Hall–Kier alpha value is -1.76. The zero-order valence-electron chi connectivity index (χ0n) is 14.8. The Kier molecular flexibility index (Phi) is 6.55. The van der Waals surface area contributed by atoms with Gasteiger partial charge >= 0.3 is 0 Å². The number of aromatic nitrogens is 2. The molecular weight excluding hydrogens is 391 g/mol. The van der Waals surface area contributed by atoms with E-state index in [1.165, 1.54) is 35.2 Å². The first-order chi connectivity index (χ1) is 12.2. The summed E-state index contributed by atoms with van der Waals surface area (Å²) in [5.74, 6) is -0.586. The summed E-state index contributed by atoms with van der Waals surface area (Å²) in [6, 6.07) is 8.03. The van der Waals surface area contributed by atoms with Crippen molar-refractivity contribution in [2.24, 2.45) is 5.92 Å². The van der Waals surface area contributed by atoms with Gasteiger partial charge in [-0.25, -0.2) is 9.07 Å². The molecule has 0 fully saturated rings. The fourth-order valence-corrected chi connectivity index (χ4v) is 4.42. The minimum Gasteiger partial charge on any atom is -0.337 e. The van der Waals surface area contributed by atoms with E-state index >= 15 is 0 Å². The average molecular weight is 411 g/mol. The van der Waals surface area contributed by atoms with E-state index in [-0.39, 0.29) is 17.6 Å². The smallest absolute Gasteiger partial charge is 0.234 e. The largest absolute Gasteiger partial charge is 0.337 e. The Morgan fingerprint density at radius 1 is 1.42 bits per heavy atom. The molecule has 5 nitrogen and oxygen atoms in total. The van der Waals surface area contributed by atoms with Crippen molar-refractivity contribution in [1.29, 1.82) is 5.26 Å². The zero-order valence-corrected chi connectivity index (χ0v) is 17.3. The fraction of sp³-hybridized carbons (Fsp3) is 0.412. The van der Waals surface area contributed by atoms with E-state index in [9.17, 15) is 14.4 Å². The first-order valence-corrected chi connectivity index (χ1v) is 10.0. The molecule has 0 spiro atoms. The van der Waals surface area contributed by atoms with E-state index in [1.807, 2.05) is 13.8 Å². The van der Waals surface area contributed by atoms with Crippen LogP contribution < -0.4 is 5.32 Å². The van der Waals surface area contributed by atoms with Crippen molar-refractivity contribution >= 4 is 41.2 Å². The van der Waals surface area contributed by atoms with Crippen LogP contribution in [0, 0.1) is 27.0 Å². The average Bonchev–Trinajstić information content (AvgIpc) is 2.95. The fourth-order valence-electron chi connectivity index (χ4n) is 1.92. The lowest BCUT2D eigenvalue weighted by molar-refractivity contribution is -0.121. The highest BCUT2D eigenvalue weighted by Gasteiger charge is 2.32.